The fraction of sp³-hybridized carbons (Fsp3) is 0.300. The molecule has 2 heteroatoms. The van der Waals surface area contributed by atoms with Crippen molar-refractivity contribution in [1.82, 2.24) is 4.57 Å². The Kier molecular flexibility index (Phi) is 2.39. The summed E-state index contributed by atoms with van der Waals surface area (Å²) in [6.07, 6.45) is 6.15. The second-order valence-corrected chi connectivity index (χ2v) is 6.83. The smallest absolute Gasteiger partial charge is 0.123 e. The Labute approximate surface area is 129 Å². The standard InChI is InChI=1S/C20H18FN/c1-22-9-8-16-17(12-4-6-15(21)7-5-12)11-18-13-2-3-14(10-13)19(18)20(16)22/h4-9,11,13-14H,2-3,10H2,1H3. The van der Waals surface area contributed by atoms with Gasteiger partial charge in [-0.15, -0.1) is 0 Å². The lowest BCUT2D eigenvalue weighted by molar-refractivity contribution is 0.628. The molecule has 1 heterocycles. The number of nitrogens with zero attached hydrogens (tertiary/aromatic N) is 1. The first-order valence-corrected chi connectivity index (χ1v) is 8.10. The minimum atomic E-state index is -0.173. The van der Waals surface area contributed by atoms with Crippen molar-refractivity contribution in [1.29, 1.82) is 0 Å². The van der Waals surface area contributed by atoms with E-state index >= 15 is 0 Å². The zero-order chi connectivity index (χ0) is 14.8. The third-order valence-corrected chi connectivity index (χ3v) is 5.66. The third-order valence-electron chi connectivity index (χ3n) is 5.66. The molecule has 2 unspecified atom stereocenters. The van der Waals surface area contributed by atoms with Gasteiger partial charge in [0.05, 0.1) is 5.52 Å². The lowest BCUT2D eigenvalue weighted by Gasteiger charge is -2.19. The molecule has 2 aromatic carbocycles. The SMILES string of the molecule is Cn1ccc2c(-c3ccc(F)cc3)cc3c(c21)C1CCC3C1. The molecule has 1 saturated carbocycles. The van der Waals surface area contributed by atoms with Crippen LogP contribution in [0.4, 0.5) is 4.39 Å². The van der Waals surface area contributed by atoms with Crippen molar-refractivity contribution in [2.75, 3.05) is 0 Å². The van der Waals surface area contributed by atoms with Gasteiger partial charge in [-0.1, -0.05) is 12.1 Å². The molecule has 1 nitrogen and oxygen atoms in total. The maximum absolute atomic E-state index is 13.3. The van der Waals surface area contributed by atoms with Crippen LogP contribution in [0.5, 0.6) is 0 Å². The molecule has 0 saturated heterocycles. The Morgan fingerprint density at radius 2 is 1.82 bits per heavy atom. The molecule has 0 spiro atoms. The van der Waals surface area contributed by atoms with Crippen LogP contribution in [0.25, 0.3) is 22.0 Å². The second kappa shape index (κ2) is 4.22. The Balaban J connectivity index is 1.85. The average Bonchev–Trinajstić information content (AvgIpc) is 3.22. The normalized spacial score (nSPS) is 22.5. The highest BCUT2D eigenvalue weighted by Crippen LogP contribution is 2.56. The quantitative estimate of drug-likeness (QED) is 0.569. The maximum Gasteiger partial charge on any atom is 0.123 e. The van der Waals surface area contributed by atoms with Gasteiger partial charge in [-0.3, -0.25) is 0 Å². The monoisotopic (exact) mass is 291 g/mol. The summed E-state index contributed by atoms with van der Waals surface area (Å²) in [7, 11) is 2.14. The summed E-state index contributed by atoms with van der Waals surface area (Å²) in [5, 5.41) is 1.31. The van der Waals surface area contributed by atoms with Crippen LogP contribution < -0.4 is 0 Å². The van der Waals surface area contributed by atoms with Crippen LogP contribution in [0.3, 0.4) is 0 Å². The Hall–Kier alpha value is -2.09. The van der Waals surface area contributed by atoms with E-state index in [-0.39, 0.29) is 5.82 Å². The van der Waals surface area contributed by atoms with Crippen molar-refractivity contribution in [3.8, 4) is 11.1 Å². The van der Waals surface area contributed by atoms with E-state index in [4.69, 9.17) is 0 Å². The van der Waals surface area contributed by atoms with E-state index in [1.807, 2.05) is 12.1 Å². The summed E-state index contributed by atoms with van der Waals surface area (Å²) in [5.74, 6) is 1.31. The number of fused-ring (bicyclic) bond motifs is 7. The van der Waals surface area contributed by atoms with Crippen LogP contribution in [-0.2, 0) is 7.05 Å². The van der Waals surface area contributed by atoms with Crippen LogP contribution in [0.2, 0.25) is 0 Å². The summed E-state index contributed by atoms with van der Waals surface area (Å²) >= 11 is 0. The highest BCUT2D eigenvalue weighted by molar-refractivity contribution is 5.99. The van der Waals surface area contributed by atoms with E-state index in [1.165, 1.54) is 35.7 Å². The van der Waals surface area contributed by atoms with Crippen LogP contribution in [0, 0.1) is 5.82 Å². The number of benzene rings is 2. The molecule has 5 rings (SSSR count). The summed E-state index contributed by atoms with van der Waals surface area (Å²) < 4.78 is 15.5. The van der Waals surface area contributed by atoms with Crippen molar-refractivity contribution in [2.45, 2.75) is 31.1 Å². The van der Waals surface area contributed by atoms with Crippen molar-refractivity contribution in [2.24, 2.45) is 7.05 Å². The molecule has 0 N–H and O–H groups in total. The number of hydrogen-bond donors (Lipinski definition) is 0. The molecule has 2 atom stereocenters. The number of halogens is 1. The molecule has 2 aliphatic rings. The van der Waals surface area contributed by atoms with Crippen LogP contribution in [0.1, 0.15) is 42.2 Å². The van der Waals surface area contributed by atoms with Gasteiger partial charge < -0.3 is 4.57 Å². The first-order chi connectivity index (χ1) is 10.7. The number of aryl methyl sites for hydroxylation is 1. The fourth-order valence-corrected chi connectivity index (χ4v) is 4.69. The average molecular weight is 291 g/mol. The Morgan fingerprint density at radius 1 is 1.05 bits per heavy atom. The van der Waals surface area contributed by atoms with Crippen molar-refractivity contribution in [3.63, 3.8) is 0 Å². The predicted molar refractivity (Wildman–Crippen MR) is 87.6 cm³/mol. The molecule has 0 aliphatic heterocycles. The van der Waals surface area contributed by atoms with Crippen LogP contribution in [0.15, 0.2) is 42.6 Å². The molecule has 2 bridgehead atoms. The number of hydrogen-bond acceptors (Lipinski definition) is 0. The zero-order valence-electron chi connectivity index (χ0n) is 12.6. The molecule has 1 aromatic heterocycles. The highest BCUT2D eigenvalue weighted by Gasteiger charge is 2.39. The van der Waals surface area contributed by atoms with Gasteiger partial charge in [-0.2, -0.15) is 0 Å². The van der Waals surface area contributed by atoms with E-state index < -0.39 is 0 Å². The molecular weight excluding hydrogens is 273 g/mol. The maximum atomic E-state index is 13.3. The first-order valence-electron chi connectivity index (χ1n) is 8.10. The number of rotatable bonds is 1. The lowest BCUT2D eigenvalue weighted by Crippen LogP contribution is -2.02. The Morgan fingerprint density at radius 3 is 2.64 bits per heavy atom. The minimum absolute atomic E-state index is 0.173. The summed E-state index contributed by atoms with van der Waals surface area (Å²) in [6.45, 7) is 0. The van der Waals surface area contributed by atoms with Crippen LogP contribution in [-0.4, -0.2) is 4.57 Å². The molecule has 0 amide bonds. The topological polar surface area (TPSA) is 4.93 Å². The second-order valence-electron chi connectivity index (χ2n) is 6.83. The van der Waals surface area contributed by atoms with Gasteiger partial charge in [0.15, 0.2) is 0 Å². The molecule has 22 heavy (non-hydrogen) atoms. The summed E-state index contributed by atoms with van der Waals surface area (Å²) in [5.41, 5.74) is 6.89. The number of aromatic nitrogens is 1. The molecule has 2 aliphatic carbocycles. The van der Waals surface area contributed by atoms with E-state index in [0.717, 1.165) is 17.4 Å². The molecule has 110 valence electrons. The van der Waals surface area contributed by atoms with E-state index in [1.54, 1.807) is 23.3 Å². The fourth-order valence-electron chi connectivity index (χ4n) is 4.69. The van der Waals surface area contributed by atoms with Crippen molar-refractivity contribution in [3.05, 3.63) is 59.5 Å². The lowest BCUT2D eigenvalue weighted by atomic mass is 9.86. The minimum Gasteiger partial charge on any atom is -0.350 e. The Bertz CT molecular complexity index is 888. The van der Waals surface area contributed by atoms with Gasteiger partial charge in [0.25, 0.3) is 0 Å². The van der Waals surface area contributed by atoms with Crippen molar-refractivity contribution >= 4 is 10.9 Å². The first kappa shape index (κ1) is 12.5. The third kappa shape index (κ3) is 1.53. The van der Waals surface area contributed by atoms with Gasteiger partial charge in [-0.05, 0) is 77.6 Å². The largest absolute Gasteiger partial charge is 0.350 e. The molecular formula is C20H18FN. The van der Waals surface area contributed by atoms with E-state index in [2.05, 4.69) is 29.9 Å². The molecule has 0 radical (unpaired) electrons. The van der Waals surface area contributed by atoms with E-state index in [0.29, 0.717) is 0 Å². The van der Waals surface area contributed by atoms with Gasteiger partial charge in [0.1, 0.15) is 5.82 Å². The highest BCUT2D eigenvalue weighted by atomic mass is 19.1. The zero-order valence-corrected chi connectivity index (χ0v) is 12.6. The summed E-state index contributed by atoms with van der Waals surface area (Å²) in [6, 6.07) is 11.5. The van der Waals surface area contributed by atoms with Crippen LogP contribution >= 0.6 is 0 Å². The molecule has 3 aromatic rings. The predicted octanol–water partition coefficient (Wildman–Crippen LogP) is 5.35. The van der Waals surface area contributed by atoms with E-state index in [9.17, 15) is 4.39 Å². The summed E-state index contributed by atoms with van der Waals surface area (Å²) in [4.78, 5) is 0. The van der Waals surface area contributed by atoms with Gasteiger partial charge >= 0.3 is 0 Å². The molecule has 1 fully saturated rings. The van der Waals surface area contributed by atoms with Gasteiger partial charge in [0, 0.05) is 18.6 Å². The van der Waals surface area contributed by atoms with Crippen molar-refractivity contribution < 1.29 is 4.39 Å². The van der Waals surface area contributed by atoms with Gasteiger partial charge in [-0.25, -0.2) is 4.39 Å². The van der Waals surface area contributed by atoms with Gasteiger partial charge in [0.2, 0.25) is 0 Å².